The number of aromatic amines is 2. The molecule has 2 aromatic heterocycles. The Morgan fingerprint density at radius 2 is 2.19 bits per heavy atom. The third kappa shape index (κ3) is 1.90. The van der Waals surface area contributed by atoms with Crippen molar-refractivity contribution in [2.45, 2.75) is 19.8 Å². The second-order valence-electron chi connectivity index (χ2n) is 3.62. The van der Waals surface area contributed by atoms with Crippen molar-refractivity contribution < 1.29 is 0 Å². The fourth-order valence-electron chi connectivity index (χ4n) is 1.30. The maximum atomic E-state index is 11.7. The summed E-state index contributed by atoms with van der Waals surface area (Å²) in [5.74, 6) is 0.577. The molecule has 0 aliphatic carbocycles. The third-order valence-electron chi connectivity index (χ3n) is 2.09. The molecule has 2 heterocycles. The lowest BCUT2D eigenvalue weighted by Gasteiger charge is -2.07. The summed E-state index contributed by atoms with van der Waals surface area (Å²) in [5.41, 5.74) is 1.02. The zero-order valence-electron chi connectivity index (χ0n) is 8.78. The predicted molar refractivity (Wildman–Crippen MR) is 62.0 cm³/mol. The first-order valence-corrected chi connectivity index (χ1v) is 5.54. The van der Waals surface area contributed by atoms with Gasteiger partial charge in [-0.15, -0.1) is 0 Å². The summed E-state index contributed by atoms with van der Waals surface area (Å²) in [6, 6.07) is 0. The first kappa shape index (κ1) is 11.0. The molecule has 0 saturated heterocycles. The van der Waals surface area contributed by atoms with Crippen LogP contribution in [0.5, 0.6) is 0 Å². The van der Waals surface area contributed by atoms with E-state index in [0.29, 0.717) is 21.7 Å². The van der Waals surface area contributed by atoms with Crippen LogP contribution in [-0.4, -0.2) is 25.4 Å². The molecule has 2 N–H and O–H groups in total. The number of hydrogen-bond donors (Lipinski definition) is 2. The summed E-state index contributed by atoms with van der Waals surface area (Å²) in [5, 5.41) is 10.0. The lowest BCUT2D eigenvalue weighted by molar-refractivity contribution is 0.802. The molecular weight excluding hydrogens is 274 g/mol. The number of halogens is 1. The number of hydrogen-bond acceptors (Lipinski definition) is 4. The average molecular weight is 284 g/mol. The standard InChI is InChI=1S/C9H10BrN5O/c1-4(2)7-6(10)9(16)13-8(12-7)5-3-11-15-14-5/h3-4H,1-2H3,(H,11,14,15)(H,12,13,16). The third-order valence-corrected chi connectivity index (χ3v) is 2.86. The van der Waals surface area contributed by atoms with Gasteiger partial charge >= 0.3 is 0 Å². The van der Waals surface area contributed by atoms with Gasteiger partial charge in [-0.3, -0.25) is 4.79 Å². The van der Waals surface area contributed by atoms with Gasteiger partial charge in [0, 0.05) is 0 Å². The molecule has 2 aromatic rings. The number of nitrogens with one attached hydrogen (secondary N) is 2. The van der Waals surface area contributed by atoms with Gasteiger partial charge in [-0.05, 0) is 21.8 Å². The van der Waals surface area contributed by atoms with Crippen LogP contribution >= 0.6 is 15.9 Å². The van der Waals surface area contributed by atoms with Crippen molar-refractivity contribution in [2.75, 3.05) is 0 Å². The topological polar surface area (TPSA) is 87.3 Å². The van der Waals surface area contributed by atoms with E-state index in [2.05, 4.69) is 41.3 Å². The van der Waals surface area contributed by atoms with Gasteiger partial charge in [0.25, 0.3) is 5.56 Å². The number of aromatic nitrogens is 5. The molecule has 0 aliphatic rings. The van der Waals surface area contributed by atoms with Gasteiger partial charge in [0.15, 0.2) is 5.82 Å². The van der Waals surface area contributed by atoms with Crippen molar-refractivity contribution in [1.82, 2.24) is 25.4 Å². The minimum absolute atomic E-state index is 0.155. The van der Waals surface area contributed by atoms with Crippen LogP contribution in [-0.2, 0) is 0 Å². The highest BCUT2D eigenvalue weighted by Gasteiger charge is 2.14. The second-order valence-corrected chi connectivity index (χ2v) is 4.42. The van der Waals surface area contributed by atoms with Crippen molar-refractivity contribution in [3.8, 4) is 11.5 Å². The molecule has 0 unspecified atom stereocenters. The van der Waals surface area contributed by atoms with Gasteiger partial charge in [0.1, 0.15) is 10.2 Å². The van der Waals surface area contributed by atoms with Gasteiger partial charge in [0.2, 0.25) is 0 Å². The fraction of sp³-hybridized carbons (Fsp3) is 0.333. The van der Waals surface area contributed by atoms with Gasteiger partial charge in [-0.25, -0.2) is 4.98 Å². The SMILES string of the molecule is CC(C)c1nc(-c2cn[nH]n2)[nH]c(=O)c1Br. The Bertz CT molecular complexity index is 546. The maximum absolute atomic E-state index is 11.7. The molecule has 84 valence electrons. The Labute approximate surface area is 99.6 Å². The molecule has 0 radical (unpaired) electrons. The monoisotopic (exact) mass is 283 g/mol. The van der Waals surface area contributed by atoms with Crippen LogP contribution in [0.2, 0.25) is 0 Å². The van der Waals surface area contributed by atoms with E-state index in [0.717, 1.165) is 0 Å². The molecule has 0 aliphatic heterocycles. The lowest BCUT2D eigenvalue weighted by atomic mass is 10.1. The predicted octanol–water partition coefficient (Wildman–Crippen LogP) is 1.44. The Balaban J connectivity index is 2.62. The van der Waals surface area contributed by atoms with E-state index in [-0.39, 0.29) is 11.5 Å². The van der Waals surface area contributed by atoms with Crippen molar-refractivity contribution in [2.24, 2.45) is 0 Å². The van der Waals surface area contributed by atoms with E-state index in [9.17, 15) is 4.79 Å². The summed E-state index contributed by atoms with van der Waals surface area (Å²) in [6.07, 6.45) is 1.51. The van der Waals surface area contributed by atoms with Crippen LogP contribution < -0.4 is 5.56 Å². The van der Waals surface area contributed by atoms with E-state index < -0.39 is 0 Å². The molecule has 0 atom stereocenters. The van der Waals surface area contributed by atoms with Gasteiger partial charge in [0.05, 0.1) is 11.9 Å². The van der Waals surface area contributed by atoms with Gasteiger partial charge in [-0.2, -0.15) is 15.4 Å². The van der Waals surface area contributed by atoms with Crippen molar-refractivity contribution in [1.29, 1.82) is 0 Å². The first-order valence-electron chi connectivity index (χ1n) is 4.75. The Morgan fingerprint density at radius 1 is 1.44 bits per heavy atom. The van der Waals surface area contributed by atoms with E-state index in [4.69, 9.17) is 0 Å². The van der Waals surface area contributed by atoms with Crippen LogP contribution in [0.15, 0.2) is 15.5 Å². The summed E-state index contributed by atoms with van der Waals surface area (Å²) in [4.78, 5) is 18.6. The van der Waals surface area contributed by atoms with Crippen LogP contribution in [0, 0.1) is 0 Å². The smallest absolute Gasteiger partial charge is 0.265 e. The molecule has 0 bridgehead atoms. The maximum Gasteiger partial charge on any atom is 0.265 e. The Hall–Kier alpha value is -1.50. The summed E-state index contributed by atoms with van der Waals surface area (Å²) >= 11 is 3.23. The molecule has 0 spiro atoms. The number of nitrogens with zero attached hydrogens (tertiary/aromatic N) is 3. The number of H-pyrrole nitrogens is 2. The Morgan fingerprint density at radius 3 is 2.75 bits per heavy atom. The molecule has 0 aromatic carbocycles. The highest BCUT2D eigenvalue weighted by molar-refractivity contribution is 9.10. The summed E-state index contributed by atoms with van der Waals surface area (Å²) < 4.78 is 0.467. The minimum Gasteiger partial charge on any atom is -0.304 e. The van der Waals surface area contributed by atoms with Crippen LogP contribution in [0.25, 0.3) is 11.5 Å². The molecule has 0 saturated carbocycles. The normalized spacial score (nSPS) is 11.0. The van der Waals surface area contributed by atoms with E-state index >= 15 is 0 Å². The largest absolute Gasteiger partial charge is 0.304 e. The van der Waals surface area contributed by atoms with E-state index in [1.807, 2.05) is 13.8 Å². The van der Waals surface area contributed by atoms with Crippen molar-refractivity contribution >= 4 is 15.9 Å². The zero-order valence-corrected chi connectivity index (χ0v) is 10.4. The van der Waals surface area contributed by atoms with Crippen molar-refractivity contribution in [3.63, 3.8) is 0 Å². The Kier molecular flexibility index (Phi) is 2.86. The first-order chi connectivity index (χ1) is 7.59. The highest BCUT2D eigenvalue weighted by Crippen LogP contribution is 2.20. The quantitative estimate of drug-likeness (QED) is 0.873. The summed E-state index contributed by atoms with van der Waals surface area (Å²) in [6.45, 7) is 3.94. The highest BCUT2D eigenvalue weighted by atomic mass is 79.9. The molecule has 16 heavy (non-hydrogen) atoms. The average Bonchev–Trinajstić information content (AvgIpc) is 2.74. The van der Waals surface area contributed by atoms with E-state index in [1.165, 1.54) is 6.20 Å². The van der Waals surface area contributed by atoms with Crippen molar-refractivity contribution in [3.05, 3.63) is 26.7 Å². The molecule has 2 rings (SSSR count). The van der Waals surface area contributed by atoms with E-state index in [1.54, 1.807) is 0 Å². The van der Waals surface area contributed by atoms with Crippen LogP contribution in [0.3, 0.4) is 0 Å². The molecule has 0 amide bonds. The van der Waals surface area contributed by atoms with Crippen LogP contribution in [0.4, 0.5) is 0 Å². The number of rotatable bonds is 2. The molecule has 7 heteroatoms. The minimum atomic E-state index is -0.211. The molecule has 0 fully saturated rings. The second kappa shape index (κ2) is 4.17. The fourth-order valence-corrected chi connectivity index (χ4v) is 1.94. The molecule has 6 nitrogen and oxygen atoms in total. The molecular formula is C9H10BrN5O. The zero-order chi connectivity index (χ0) is 11.7. The van der Waals surface area contributed by atoms with Gasteiger partial charge < -0.3 is 4.98 Å². The summed E-state index contributed by atoms with van der Waals surface area (Å²) in [7, 11) is 0. The van der Waals surface area contributed by atoms with Crippen LogP contribution in [0.1, 0.15) is 25.5 Å². The lowest BCUT2D eigenvalue weighted by Crippen LogP contribution is -2.14. The van der Waals surface area contributed by atoms with Gasteiger partial charge in [-0.1, -0.05) is 13.8 Å².